The van der Waals surface area contributed by atoms with E-state index in [1.165, 1.54) is 0 Å². The highest BCUT2D eigenvalue weighted by Crippen LogP contribution is 2.18. The van der Waals surface area contributed by atoms with Crippen molar-refractivity contribution in [3.05, 3.63) is 18.2 Å². The van der Waals surface area contributed by atoms with Gasteiger partial charge in [-0.05, 0) is 59.7 Å². The molecule has 1 heterocycles. The SMILES string of the molecule is [B]c1cc(N2CCN(C(=NC(=O)OC(C)(C)C)NC(=O)OC(C)(C)C)CC2)ccc1O. The standard InChI is InChI=1S/C21H31BN4O5/c1-20(2,3)30-18(28)23-17(24-19(29)31-21(4,5)6)26-11-9-25(10-12-26)14-7-8-16(27)15(22)13-14/h7-8,13,27H,9-12H2,1-6H3,(H,23,24,28,29). The molecule has 0 aromatic heterocycles. The number of aromatic hydroxyl groups is 1. The molecule has 31 heavy (non-hydrogen) atoms. The molecule has 0 unspecified atom stereocenters. The molecule has 1 aliphatic rings. The van der Waals surface area contributed by atoms with Crippen LogP contribution in [0.3, 0.4) is 0 Å². The molecule has 0 spiro atoms. The molecule has 2 rings (SSSR count). The van der Waals surface area contributed by atoms with Gasteiger partial charge in [0.2, 0.25) is 5.96 Å². The molecule has 2 N–H and O–H groups in total. The summed E-state index contributed by atoms with van der Waals surface area (Å²) >= 11 is 0. The first kappa shape index (κ1) is 24.4. The van der Waals surface area contributed by atoms with E-state index in [-0.39, 0.29) is 11.7 Å². The Morgan fingerprint density at radius 3 is 2.13 bits per heavy atom. The summed E-state index contributed by atoms with van der Waals surface area (Å²) in [5, 5.41) is 12.2. The highest BCUT2D eigenvalue weighted by atomic mass is 16.6. The Labute approximate surface area is 184 Å². The number of carbonyl (C=O) groups is 2. The lowest BCUT2D eigenvalue weighted by molar-refractivity contribution is 0.0554. The van der Waals surface area contributed by atoms with Gasteiger partial charge >= 0.3 is 12.2 Å². The van der Waals surface area contributed by atoms with Crippen LogP contribution in [0.4, 0.5) is 15.3 Å². The number of hydrogen-bond donors (Lipinski definition) is 2. The third kappa shape index (κ3) is 8.03. The number of ether oxygens (including phenoxy) is 2. The van der Waals surface area contributed by atoms with Gasteiger partial charge in [0.25, 0.3) is 0 Å². The number of rotatable bonds is 1. The predicted octanol–water partition coefficient (Wildman–Crippen LogP) is 2.12. The Kier molecular flexibility index (Phi) is 7.46. The van der Waals surface area contributed by atoms with Gasteiger partial charge in [-0.3, -0.25) is 5.32 Å². The molecule has 0 aliphatic carbocycles. The van der Waals surface area contributed by atoms with Crippen LogP contribution < -0.4 is 15.7 Å². The van der Waals surface area contributed by atoms with Crippen molar-refractivity contribution in [1.29, 1.82) is 0 Å². The fraction of sp³-hybridized carbons (Fsp3) is 0.571. The Balaban J connectivity index is 2.13. The Morgan fingerprint density at radius 1 is 1.03 bits per heavy atom. The van der Waals surface area contributed by atoms with E-state index in [9.17, 15) is 14.7 Å². The number of anilines is 1. The summed E-state index contributed by atoms with van der Waals surface area (Å²) in [7, 11) is 5.79. The Morgan fingerprint density at radius 2 is 1.61 bits per heavy atom. The highest BCUT2D eigenvalue weighted by molar-refractivity contribution is 6.34. The molecule has 1 aliphatic heterocycles. The summed E-state index contributed by atoms with van der Waals surface area (Å²) in [6.45, 7) is 12.6. The summed E-state index contributed by atoms with van der Waals surface area (Å²) in [4.78, 5) is 32.4. The number of aliphatic imine (C=N–C) groups is 1. The minimum Gasteiger partial charge on any atom is -0.509 e. The van der Waals surface area contributed by atoms with E-state index in [0.717, 1.165) is 5.69 Å². The number of carbonyl (C=O) groups excluding carboxylic acids is 2. The zero-order valence-corrected chi connectivity index (χ0v) is 19.1. The van der Waals surface area contributed by atoms with Crippen molar-refractivity contribution in [3.8, 4) is 5.75 Å². The first-order valence-electron chi connectivity index (χ1n) is 10.1. The maximum atomic E-state index is 12.3. The molecule has 2 radical (unpaired) electrons. The van der Waals surface area contributed by atoms with E-state index in [1.807, 2.05) is 0 Å². The Bertz CT molecular complexity index is 837. The average molecular weight is 430 g/mol. The summed E-state index contributed by atoms with van der Waals surface area (Å²) < 4.78 is 10.6. The number of benzene rings is 1. The molecule has 1 aromatic carbocycles. The minimum absolute atomic E-state index is 0.0377. The van der Waals surface area contributed by atoms with Crippen LogP contribution in [0.15, 0.2) is 23.2 Å². The maximum Gasteiger partial charge on any atom is 0.437 e. The molecular weight excluding hydrogens is 399 g/mol. The molecule has 2 amide bonds. The quantitative estimate of drug-likeness (QED) is 0.400. The van der Waals surface area contributed by atoms with Crippen LogP contribution in [-0.4, -0.2) is 73.4 Å². The van der Waals surface area contributed by atoms with Crippen molar-refractivity contribution in [2.75, 3.05) is 31.1 Å². The van der Waals surface area contributed by atoms with Crippen molar-refractivity contribution >= 4 is 37.1 Å². The molecule has 10 heteroatoms. The van der Waals surface area contributed by atoms with E-state index >= 15 is 0 Å². The van der Waals surface area contributed by atoms with Gasteiger partial charge in [0.15, 0.2) is 0 Å². The van der Waals surface area contributed by atoms with Gasteiger partial charge in [-0.2, -0.15) is 0 Å². The molecular formula is C21H31BN4O5. The zero-order valence-electron chi connectivity index (χ0n) is 19.1. The van der Waals surface area contributed by atoms with E-state index < -0.39 is 23.4 Å². The number of guanidine groups is 1. The first-order valence-corrected chi connectivity index (χ1v) is 10.1. The van der Waals surface area contributed by atoms with Crippen molar-refractivity contribution in [2.45, 2.75) is 52.7 Å². The smallest absolute Gasteiger partial charge is 0.437 e. The van der Waals surface area contributed by atoms with Gasteiger partial charge in [-0.1, -0.05) is 5.46 Å². The van der Waals surface area contributed by atoms with Gasteiger partial charge < -0.3 is 24.4 Å². The molecule has 0 bridgehead atoms. The second kappa shape index (κ2) is 9.49. The van der Waals surface area contributed by atoms with Crippen LogP contribution in [0.2, 0.25) is 0 Å². The van der Waals surface area contributed by atoms with Crippen molar-refractivity contribution in [3.63, 3.8) is 0 Å². The number of hydrogen-bond acceptors (Lipinski definition) is 6. The third-order valence-corrected chi connectivity index (χ3v) is 4.16. The maximum absolute atomic E-state index is 12.3. The van der Waals surface area contributed by atoms with Crippen LogP contribution >= 0.6 is 0 Å². The second-order valence-corrected chi connectivity index (χ2v) is 9.26. The van der Waals surface area contributed by atoms with Crippen LogP contribution in [0.1, 0.15) is 41.5 Å². The average Bonchev–Trinajstić information content (AvgIpc) is 2.60. The highest BCUT2D eigenvalue weighted by Gasteiger charge is 2.26. The van der Waals surface area contributed by atoms with Gasteiger partial charge in [0, 0.05) is 31.9 Å². The number of piperazine rings is 1. The van der Waals surface area contributed by atoms with Gasteiger partial charge in [0.1, 0.15) is 24.8 Å². The van der Waals surface area contributed by atoms with Crippen molar-refractivity contribution in [1.82, 2.24) is 10.2 Å². The fourth-order valence-corrected chi connectivity index (χ4v) is 2.86. The van der Waals surface area contributed by atoms with Crippen LogP contribution in [0.5, 0.6) is 5.75 Å². The first-order chi connectivity index (χ1) is 14.2. The molecule has 9 nitrogen and oxygen atoms in total. The van der Waals surface area contributed by atoms with E-state index in [4.69, 9.17) is 17.3 Å². The number of nitrogens with one attached hydrogen (secondary N) is 1. The number of phenols is 1. The fourth-order valence-electron chi connectivity index (χ4n) is 2.86. The summed E-state index contributed by atoms with van der Waals surface area (Å²) in [6, 6.07) is 5.05. The monoisotopic (exact) mass is 430 g/mol. The van der Waals surface area contributed by atoms with Gasteiger partial charge in [-0.25, -0.2) is 9.59 Å². The molecule has 0 saturated carbocycles. The summed E-state index contributed by atoms with van der Waals surface area (Å²) in [5.41, 5.74) is -0.229. The molecule has 0 atom stereocenters. The molecule has 1 aromatic rings. The number of nitrogens with zero attached hydrogens (tertiary/aromatic N) is 3. The van der Waals surface area contributed by atoms with Gasteiger partial charge in [0.05, 0.1) is 0 Å². The number of phenolic OH excluding ortho intramolecular Hbond substituents is 1. The third-order valence-electron chi connectivity index (χ3n) is 4.16. The lowest BCUT2D eigenvalue weighted by Crippen LogP contribution is -2.54. The predicted molar refractivity (Wildman–Crippen MR) is 120 cm³/mol. The van der Waals surface area contributed by atoms with E-state index in [2.05, 4.69) is 15.2 Å². The normalized spacial score (nSPS) is 15.5. The summed E-state index contributed by atoms with van der Waals surface area (Å²) in [6.07, 6.45) is -1.50. The van der Waals surface area contributed by atoms with Crippen LogP contribution in [0.25, 0.3) is 0 Å². The van der Waals surface area contributed by atoms with Crippen LogP contribution in [0, 0.1) is 0 Å². The lowest BCUT2D eigenvalue weighted by Gasteiger charge is -2.37. The van der Waals surface area contributed by atoms with E-state index in [1.54, 1.807) is 64.6 Å². The second-order valence-electron chi connectivity index (χ2n) is 9.26. The topological polar surface area (TPSA) is 104 Å². The summed E-state index contributed by atoms with van der Waals surface area (Å²) in [5.74, 6) is 0.115. The largest absolute Gasteiger partial charge is 0.509 e. The Hall–Kier alpha value is -2.91. The van der Waals surface area contributed by atoms with Crippen molar-refractivity contribution < 1.29 is 24.2 Å². The zero-order chi connectivity index (χ0) is 23.4. The molecule has 1 fully saturated rings. The lowest BCUT2D eigenvalue weighted by atomic mass is 9.94. The van der Waals surface area contributed by atoms with Gasteiger partial charge in [-0.15, -0.1) is 4.99 Å². The molecule has 168 valence electrons. The van der Waals surface area contributed by atoms with Crippen LogP contribution in [-0.2, 0) is 9.47 Å². The van der Waals surface area contributed by atoms with Crippen molar-refractivity contribution in [2.24, 2.45) is 4.99 Å². The van der Waals surface area contributed by atoms with E-state index in [0.29, 0.717) is 31.6 Å². The number of alkyl carbamates (subject to hydrolysis) is 1. The minimum atomic E-state index is -0.799. The molecule has 1 saturated heterocycles. The number of amides is 2.